The van der Waals surface area contributed by atoms with Crippen LogP contribution in [0.4, 0.5) is 5.69 Å². The molecule has 1 aliphatic rings. The lowest BCUT2D eigenvalue weighted by Crippen LogP contribution is -2.31. The van der Waals surface area contributed by atoms with Crippen molar-refractivity contribution in [2.45, 2.75) is 0 Å². The number of ether oxygens (including phenoxy) is 1. The van der Waals surface area contributed by atoms with Crippen LogP contribution < -0.4 is 5.32 Å². The van der Waals surface area contributed by atoms with Crippen molar-refractivity contribution < 1.29 is 19.4 Å². The SMILES string of the molecule is COC(=O)C1=C(Nc2ccccc2C#N)C(=O)N(CCO)C1. The number of hydrogen-bond donors (Lipinski definition) is 2. The molecule has 0 aliphatic carbocycles. The molecule has 7 nitrogen and oxygen atoms in total. The summed E-state index contributed by atoms with van der Waals surface area (Å²) in [6.45, 7) is -0.0320. The van der Waals surface area contributed by atoms with Gasteiger partial charge in [0.25, 0.3) is 5.91 Å². The van der Waals surface area contributed by atoms with E-state index >= 15 is 0 Å². The summed E-state index contributed by atoms with van der Waals surface area (Å²) in [6.07, 6.45) is 0. The van der Waals surface area contributed by atoms with Crippen molar-refractivity contribution in [1.29, 1.82) is 5.26 Å². The Morgan fingerprint density at radius 1 is 1.50 bits per heavy atom. The van der Waals surface area contributed by atoms with Crippen LogP contribution >= 0.6 is 0 Å². The van der Waals surface area contributed by atoms with Crippen LogP contribution in [0.5, 0.6) is 0 Å². The molecule has 2 rings (SSSR count). The topological polar surface area (TPSA) is 103 Å². The van der Waals surface area contributed by atoms with Crippen molar-refractivity contribution in [1.82, 2.24) is 4.90 Å². The number of nitrogens with zero attached hydrogens (tertiary/aromatic N) is 2. The maximum absolute atomic E-state index is 12.3. The summed E-state index contributed by atoms with van der Waals surface area (Å²) in [7, 11) is 1.23. The predicted octanol–water partition coefficient (Wildman–Crippen LogP) is 0.232. The number of benzene rings is 1. The Bertz CT molecular complexity index is 676. The van der Waals surface area contributed by atoms with Gasteiger partial charge in [0.1, 0.15) is 11.8 Å². The molecule has 0 aromatic heterocycles. The molecule has 1 amide bonds. The number of methoxy groups -OCH3 is 1. The van der Waals surface area contributed by atoms with E-state index in [0.29, 0.717) is 11.3 Å². The van der Waals surface area contributed by atoms with Gasteiger partial charge in [-0.25, -0.2) is 4.79 Å². The van der Waals surface area contributed by atoms with Crippen molar-refractivity contribution in [2.24, 2.45) is 0 Å². The summed E-state index contributed by atoms with van der Waals surface area (Å²) in [5.41, 5.74) is 1.03. The molecule has 0 atom stereocenters. The van der Waals surface area contributed by atoms with Gasteiger partial charge in [-0.1, -0.05) is 12.1 Å². The van der Waals surface area contributed by atoms with Crippen LogP contribution in [0.3, 0.4) is 0 Å². The molecule has 0 spiro atoms. The van der Waals surface area contributed by atoms with Crippen molar-refractivity contribution in [3.05, 3.63) is 41.1 Å². The van der Waals surface area contributed by atoms with Gasteiger partial charge in [0.05, 0.1) is 37.1 Å². The lowest BCUT2D eigenvalue weighted by atomic mass is 10.1. The molecular weight excluding hydrogens is 286 g/mol. The van der Waals surface area contributed by atoms with Gasteiger partial charge in [0.2, 0.25) is 0 Å². The quantitative estimate of drug-likeness (QED) is 0.755. The molecule has 0 saturated carbocycles. The Labute approximate surface area is 127 Å². The summed E-state index contributed by atoms with van der Waals surface area (Å²) < 4.78 is 4.69. The highest BCUT2D eigenvalue weighted by Crippen LogP contribution is 2.24. The second-order valence-electron chi connectivity index (χ2n) is 4.58. The normalized spacial score (nSPS) is 14.0. The Kier molecular flexibility index (Phi) is 4.76. The summed E-state index contributed by atoms with van der Waals surface area (Å²) in [5, 5.41) is 20.9. The summed E-state index contributed by atoms with van der Waals surface area (Å²) in [6, 6.07) is 8.67. The van der Waals surface area contributed by atoms with Crippen LogP contribution in [0.1, 0.15) is 5.56 Å². The van der Waals surface area contributed by atoms with Gasteiger partial charge in [-0.15, -0.1) is 0 Å². The number of esters is 1. The van der Waals surface area contributed by atoms with Gasteiger partial charge >= 0.3 is 5.97 Å². The number of aliphatic hydroxyl groups is 1. The highest BCUT2D eigenvalue weighted by atomic mass is 16.5. The van der Waals surface area contributed by atoms with Gasteiger partial charge < -0.3 is 20.1 Å². The van der Waals surface area contributed by atoms with E-state index < -0.39 is 11.9 Å². The molecule has 1 aromatic rings. The van der Waals surface area contributed by atoms with Crippen LogP contribution in [0.2, 0.25) is 0 Å². The van der Waals surface area contributed by atoms with Crippen LogP contribution in [-0.2, 0) is 14.3 Å². The monoisotopic (exact) mass is 301 g/mol. The van der Waals surface area contributed by atoms with E-state index in [2.05, 4.69) is 5.32 Å². The minimum Gasteiger partial charge on any atom is -0.466 e. The third-order valence-electron chi connectivity index (χ3n) is 3.26. The van der Waals surface area contributed by atoms with Gasteiger partial charge in [0, 0.05) is 6.54 Å². The molecule has 114 valence electrons. The Morgan fingerprint density at radius 3 is 2.86 bits per heavy atom. The highest BCUT2D eigenvalue weighted by molar-refractivity contribution is 6.08. The number of hydrogen-bond acceptors (Lipinski definition) is 6. The van der Waals surface area contributed by atoms with Gasteiger partial charge in [-0.3, -0.25) is 4.79 Å². The number of aliphatic hydroxyl groups excluding tert-OH is 1. The molecule has 22 heavy (non-hydrogen) atoms. The first-order valence-corrected chi connectivity index (χ1v) is 6.60. The maximum atomic E-state index is 12.3. The average Bonchev–Trinajstić information content (AvgIpc) is 2.84. The number of nitrogens with one attached hydrogen (secondary N) is 1. The van der Waals surface area contributed by atoms with Crippen molar-refractivity contribution >= 4 is 17.6 Å². The first-order chi connectivity index (χ1) is 10.6. The van der Waals surface area contributed by atoms with Crippen LogP contribution in [0.25, 0.3) is 0 Å². The molecule has 1 heterocycles. The number of carbonyl (C=O) groups excluding carboxylic acids is 2. The van der Waals surface area contributed by atoms with E-state index in [1.807, 2.05) is 6.07 Å². The van der Waals surface area contributed by atoms with E-state index in [-0.39, 0.29) is 31.0 Å². The van der Waals surface area contributed by atoms with Gasteiger partial charge in [-0.05, 0) is 12.1 Å². The second-order valence-corrected chi connectivity index (χ2v) is 4.58. The first kappa shape index (κ1) is 15.5. The largest absolute Gasteiger partial charge is 0.466 e. The summed E-state index contributed by atoms with van der Waals surface area (Å²) in [4.78, 5) is 25.5. The fourth-order valence-electron chi connectivity index (χ4n) is 2.17. The molecular formula is C15H15N3O4. The lowest BCUT2D eigenvalue weighted by molar-refractivity contribution is -0.136. The first-order valence-electron chi connectivity index (χ1n) is 6.60. The van der Waals surface area contributed by atoms with Crippen molar-refractivity contribution in [3.8, 4) is 6.07 Å². The van der Waals surface area contributed by atoms with Crippen molar-refractivity contribution in [2.75, 3.05) is 32.1 Å². The molecule has 0 fully saturated rings. The van der Waals surface area contributed by atoms with Crippen LogP contribution in [0.15, 0.2) is 35.5 Å². The van der Waals surface area contributed by atoms with E-state index in [9.17, 15) is 9.59 Å². The molecule has 0 radical (unpaired) electrons. The third-order valence-corrected chi connectivity index (χ3v) is 3.26. The fraction of sp³-hybridized carbons (Fsp3) is 0.267. The molecule has 0 unspecified atom stereocenters. The van der Waals surface area contributed by atoms with E-state index in [0.717, 1.165) is 0 Å². The zero-order chi connectivity index (χ0) is 16.1. The molecule has 1 aromatic carbocycles. The Balaban J connectivity index is 2.37. The zero-order valence-corrected chi connectivity index (χ0v) is 12.0. The van der Waals surface area contributed by atoms with Gasteiger partial charge in [0.15, 0.2) is 0 Å². The smallest absolute Gasteiger partial charge is 0.337 e. The minimum atomic E-state index is -0.620. The fourth-order valence-corrected chi connectivity index (χ4v) is 2.17. The number of anilines is 1. The van der Waals surface area contributed by atoms with Crippen LogP contribution in [-0.4, -0.2) is 48.7 Å². The standard InChI is InChI=1S/C15H15N3O4/c1-22-15(21)11-9-18(6-7-19)14(20)13(11)17-12-5-3-2-4-10(12)8-16/h2-5,17,19H,6-7,9H2,1H3. The highest BCUT2D eigenvalue weighted by Gasteiger charge is 2.34. The lowest BCUT2D eigenvalue weighted by Gasteiger charge is -2.15. The van der Waals surface area contributed by atoms with E-state index in [4.69, 9.17) is 15.1 Å². The van der Waals surface area contributed by atoms with Crippen molar-refractivity contribution in [3.63, 3.8) is 0 Å². The predicted molar refractivity (Wildman–Crippen MR) is 77.5 cm³/mol. The number of para-hydroxylation sites is 1. The summed E-state index contributed by atoms with van der Waals surface area (Å²) in [5.74, 6) is -1.03. The van der Waals surface area contributed by atoms with E-state index in [1.54, 1.807) is 24.3 Å². The second kappa shape index (κ2) is 6.74. The third kappa shape index (κ3) is 2.92. The number of β-amino-alcohol motifs (C(OH)–C–C–N with tert-alkyl or cyclic N) is 1. The molecule has 1 aliphatic heterocycles. The Morgan fingerprint density at radius 2 is 2.23 bits per heavy atom. The zero-order valence-electron chi connectivity index (χ0n) is 12.0. The molecule has 7 heteroatoms. The van der Waals surface area contributed by atoms with Crippen LogP contribution in [0, 0.1) is 11.3 Å². The molecule has 2 N–H and O–H groups in total. The number of carbonyl (C=O) groups is 2. The number of amides is 1. The van der Waals surface area contributed by atoms with E-state index in [1.165, 1.54) is 12.0 Å². The molecule has 0 saturated heterocycles. The molecule has 0 bridgehead atoms. The maximum Gasteiger partial charge on any atom is 0.337 e. The minimum absolute atomic E-state index is 0.0587. The summed E-state index contributed by atoms with van der Waals surface area (Å²) >= 11 is 0. The average molecular weight is 301 g/mol. The number of nitriles is 1. The number of rotatable bonds is 5. The van der Waals surface area contributed by atoms with Gasteiger partial charge in [-0.2, -0.15) is 5.26 Å². The Hall–Kier alpha value is -2.85.